The number of carbonyl (C=O) groups is 1. The first-order chi connectivity index (χ1) is 10.4. The van der Waals surface area contributed by atoms with Crippen molar-refractivity contribution in [1.29, 1.82) is 5.26 Å². The zero-order valence-electron chi connectivity index (χ0n) is 11.7. The lowest BCUT2D eigenvalue weighted by molar-refractivity contribution is -0.179. The number of carbonyl (C=O) groups excluding carboxylic acids is 1. The smallest absolute Gasteiger partial charge is 0.410 e. The molecular weight excluding hydrogens is 297 g/mol. The fourth-order valence-corrected chi connectivity index (χ4v) is 2.14. The highest BCUT2D eigenvalue weighted by atomic mass is 19.4. The third-order valence-corrected chi connectivity index (χ3v) is 3.35. The van der Waals surface area contributed by atoms with Crippen molar-refractivity contribution in [1.82, 2.24) is 4.90 Å². The Hall–Kier alpha value is -2.23. The predicted octanol–water partition coefficient (Wildman–Crippen LogP) is 3.63. The first kappa shape index (κ1) is 16.1. The van der Waals surface area contributed by atoms with Crippen molar-refractivity contribution in [3.05, 3.63) is 35.9 Å². The van der Waals surface area contributed by atoms with E-state index in [1.54, 1.807) is 30.3 Å². The summed E-state index contributed by atoms with van der Waals surface area (Å²) in [6.07, 6.45) is -5.47. The van der Waals surface area contributed by atoms with Gasteiger partial charge in [-0.25, -0.2) is 4.79 Å². The maximum Gasteiger partial charge on any atom is 0.410 e. The molecule has 1 aromatic rings. The van der Waals surface area contributed by atoms with Gasteiger partial charge in [0.1, 0.15) is 12.6 Å². The van der Waals surface area contributed by atoms with Crippen LogP contribution in [0.1, 0.15) is 24.8 Å². The zero-order chi connectivity index (χ0) is 16.2. The number of nitriles is 1. The number of hydrogen-bond acceptors (Lipinski definition) is 3. The van der Waals surface area contributed by atoms with E-state index in [1.165, 1.54) is 6.07 Å². The molecule has 1 fully saturated rings. The third kappa shape index (κ3) is 4.13. The van der Waals surface area contributed by atoms with Crippen molar-refractivity contribution in [2.45, 2.75) is 44.1 Å². The monoisotopic (exact) mass is 312 g/mol. The van der Waals surface area contributed by atoms with Crippen molar-refractivity contribution in [2.24, 2.45) is 0 Å². The topological polar surface area (TPSA) is 53.3 Å². The second-order valence-electron chi connectivity index (χ2n) is 5.10. The average molecular weight is 312 g/mol. The average Bonchev–Trinajstić information content (AvgIpc) is 3.29. The molecule has 1 aliphatic rings. The van der Waals surface area contributed by atoms with Gasteiger partial charge in [0.05, 0.1) is 12.5 Å². The molecular formula is C15H15F3N2O2. The van der Waals surface area contributed by atoms with Gasteiger partial charge in [-0.1, -0.05) is 30.3 Å². The molecule has 0 spiro atoms. The van der Waals surface area contributed by atoms with Gasteiger partial charge < -0.3 is 4.74 Å². The van der Waals surface area contributed by atoms with Crippen LogP contribution in [0, 0.1) is 11.3 Å². The van der Waals surface area contributed by atoms with Crippen LogP contribution >= 0.6 is 0 Å². The molecule has 1 aromatic carbocycles. The standard InChI is InChI=1S/C15H15F3N2O2/c16-15(17,18)13(8-9-19)20(12-6-7-12)14(21)22-10-11-4-2-1-3-5-11/h1-5,12-13H,6-8,10H2. The molecule has 22 heavy (non-hydrogen) atoms. The SMILES string of the molecule is N#CCC(N(C(=O)OCc1ccccc1)C1CC1)C(F)(F)F. The van der Waals surface area contributed by atoms with Crippen LogP contribution in [-0.4, -0.2) is 29.3 Å². The molecule has 0 saturated heterocycles. The highest BCUT2D eigenvalue weighted by molar-refractivity contribution is 5.69. The fourth-order valence-electron chi connectivity index (χ4n) is 2.14. The normalized spacial score (nSPS) is 15.7. The van der Waals surface area contributed by atoms with Gasteiger partial charge in [0.2, 0.25) is 0 Å². The maximum atomic E-state index is 13.1. The molecule has 0 aliphatic heterocycles. The lowest BCUT2D eigenvalue weighted by Gasteiger charge is -2.31. The van der Waals surface area contributed by atoms with E-state index in [9.17, 15) is 18.0 Å². The van der Waals surface area contributed by atoms with E-state index in [4.69, 9.17) is 10.00 Å². The summed E-state index contributed by atoms with van der Waals surface area (Å²) in [6, 6.07) is 7.59. The largest absolute Gasteiger partial charge is 0.445 e. The Morgan fingerprint density at radius 1 is 1.36 bits per heavy atom. The second-order valence-corrected chi connectivity index (χ2v) is 5.10. The Labute approximate surface area is 126 Å². The number of halogens is 3. The lowest BCUT2D eigenvalue weighted by Crippen LogP contribution is -2.50. The van der Waals surface area contributed by atoms with Gasteiger partial charge in [-0.15, -0.1) is 0 Å². The molecule has 7 heteroatoms. The third-order valence-electron chi connectivity index (χ3n) is 3.35. The van der Waals surface area contributed by atoms with Crippen LogP contribution in [0.5, 0.6) is 0 Å². The summed E-state index contributed by atoms with van der Waals surface area (Å²) < 4.78 is 44.2. The minimum absolute atomic E-state index is 0.0972. The fraction of sp³-hybridized carbons (Fsp3) is 0.467. The molecule has 0 N–H and O–H groups in total. The molecule has 0 heterocycles. The van der Waals surface area contributed by atoms with Crippen LogP contribution in [0.15, 0.2) is 30.3 Å². The summed E-state index contributed by atoms with van der Waals surface area (Å²) in [5.41, 5.74) is 0.690. The van der Waals surface area contributed by atoms with Gasteiger partial charge >= 0.3 is 12.3 Å². The first-order valence-electron chi connectivity index (χ1n) is 6.86. The van der Waals surface area contributed by atoms with Gasteiger partial charge in [-0.2, -0.15) is 18.4 Å². The maximum absolute atomic E-state index is 13.1. The molecule has 1 atom stereocenters. The number of nitrogens with zero attached hydrogens (tertiary/aromatic N) is 2. The van der Waals surface area contributed by atoms with Crippen LogP contribution in [-0.2, 0) is 11.3 Å². The molecule has 0 bridgehead atoms. The summed E-state index contributed by atoms with van der Waals surface area (Å²) >= 11 is 0. The van der Waals surface area contributed by atoms with Gasteiger partial charge in [0, 0.05) is 6.04 Å². The van der Waals surface area contributed by atoms with E-state index in [1.807, 2.05) is 0 Å². The van der Waals surface area contributed by atoms with Crippen LogP contribution in [0.2, 0.25) is 0 Å². The number of hydrogen-bond donors (Lipinski definition) is 0. The molecule has 118 valence electrons. The van der Waals surface area contributed by atoms with E-state index < -0.39 is 30.8 Å². The number of ether oxygens (including phenoxy) is 1. The molecule has 0 aromatic heterocycles. The zero-order valence-corrected chi connectivity index (χ0v) is 11.7. The van der Waals surface area contributed by atoms with Crippen LogP contribution in [0.3, 0.4) is 0 Å². The number of alkyl halides is 3. The summed E-state index contributed by atoms with van der Waals surface area (Å²) in [6.45, 7) is -0.0972. The van der Waals surface area contributed by atoms with Crippen LogP contribution in [0.4, 0.5) is 18.0 Å². The Morgan fingerprint density at radius 3 is 2.50 bits per heavy atom. The van der Waals surface area contributed by atoms with Crippen molar-refractivity contribution in [3.8, 4) is 6.07 Å². The van der Waals surface area contributed by atoms with Crippen LogP contribution < -0.4 is 0 Å². The van der Waals surface area contributed by atoms with E-state index in [0.717, 1.165) is 0 Å². The predicted molar refractivity (Wildman–Crippen MR) is 71.6 cm³/mol. The molecule has 1 amide bonds. The Balaban J connectivity index is 2.06. The molecule has 0 radical (unpaired) electrons. The Morgan fingerprint density at radius 2 is 2.00 bits per heavy atom. The minimum atomic E-state index is -4.65. The first-order valence-corrected chi connectivity index (χ1v) is 6.86. The number of rotatable bonds is 5. The quantitative estimate of drug-likeness (QED) is 0.834. The van der Waals surface area contributed by atoms with E-state index in [-0.39, 0.29) is 6.61 Å². The Kier molecular flexibility index (Phi) is 4.91. The van der Waals surface area contributed by atoms with Crippen molar-refractivity contribution >= 4 is 6.09 Å². The molecule has 1 aliphatic carbocycles. The van der Waals surface area contributed by atoms with Gasteiger partial charge in [-0.3, -0.25) is 4.90 Å². The summed E-state index contributed by atoms with van der Waals surface area (Å²) in [5.74, 6) is 0. The van der Waals surface area contributed by atoms with Crippen molar-refractivity contribution in [2.75, 3.05) is 0 Å². The minimum Gasteiger partial charge on any atom is -0.445 e. The summed E-state index contributed by atoms with van der Waals surface area (Å²) in [4.78, 5) is 12.7. The molecule has 1 unspecified atom stereocenters. The van der Waals surface area contributed by atoms with Gasteiger partial charge in [-0.05, 0) is 18.4 Å². The van der Waals surface area contributed by atoms with Gasteiger partial charge in [0.15, 0.2) is 0 Å². The van der Waals surface area contributed by atoms with Crippen LogP contribution in [0.25, 0.3) is 0 Å². The number of amides is 1. The second kappa shape index (κ2) is 6.69. The van der Waals surface area contributed by atoms with E-state index in [2.05, 4.69) is 0 Å². The van der Waals surface area contributed by atoms with E-state index >= 15 is 0 Å². The summed E-state index contributed by atoms with van der Waals surface area (Å²) in [5, 5.41) is 8.61. The molecule has 4 nitrogen and oxygen atoms in total. The highest BCUT2D eigenvalue weighted by Crippen LogP contribution is 2.36. The van der Waals surface area contributed by atoms with Crippen molar-refractivity contribution in [3.63, 3.8) is 0 Å². The summed E-state index contributed by atoms with van der Waals surface area (Å²) in [7, 11) is 0. The molecule has 1 saturated carbocycles. The van der Waals surface area contributed by atoms with Crippen molar-refractivity contribution < 1.29 is 22.7 Å². The highest BCUT2D eigenvalue weighted by Gasteiger charge is 2.50. The van der Waals surface area contributed by atoms with E-state index in [0.29, 0.717) is 23.3 Å². The van der Waals surface area contributed by atoms with Gasteiger partial charge in [0.25, 0.3) is 0 Å². The lowest BCUT2D eigenvalue weighted by atomic mass is 10.2. The number of benzene rings is 1. The molecule has 2 rings (SSSR count). The Bertz CT molecular complexity index is 550.